The standard InChI is InChI=1S/C15H23ClN2O2/c1-15(11-19,12-20)10-17-6-8-18(9-7-17)14-4-2-13(16)3-5-14/h2-5,19-20H,6-12H2,1H3. The third-order valence-corrected chi connectivity index (χ3v) is 4.18. The van der Waals surface area contributed by atoms with Crippen LogP contribution in [0, 0.1) is 5.41 Å². The molecule has 0 atom stereocenters. The summed E-state index contributed by atoms with van der Waals surface area (Å²) in [6.45, 7) is 6.47. The highest BCUT2D eigenvalue weighted by molar-refractivity contribution is 6.30. The number of benzene rings is 1. The predicted octanol–water partition coefficient (Wildman–Crippen LogP) is 1.45. The van der Waals surface area contributed by atoms with Crippen molar-refractivity contribution in [2.45, 2.75) is 6.92 Å². The summed E-state index contributed by atoms with van der Waals surface area (Å²) in [5.74, 6) is 0. The highest BCUT2D eigenvalue weighted by Crippen LogP contribution is 2.21. The number of hydrogen-bond acceptors (Lipinski definition) is 4. The number of piperazine rings is 1. The summed E-state index contributed by atoms with van der Waals surface area (Å²) in [6, 6.07) is 7.92. The fourth-order valence-corrected chi connectivity index (χ4v) is 2.63. The average molecular weight is 299 g/mol. The number of halogens is 1. The summed E-state index contributed by atoms with van der Waals surface area (Å²) in [6.07, 6.45) is 0. The summed E-state index contributed by atoms with van der Waals surface area (Å²) in [4.78, 5) is 4.64. The molecular weight excluding hydrogens is 276 g/mol. The van der Waals surface area contributed by atoms with Gasteiger partial charge in [-0.1, -0.05) is 18.5 Å². The number of aliphatic hydroxyl groups excluding tert-OH is 2. The minimum absolute atomic E-state index is 0.0148. The summed E-state index contributed by atoms with van der Waals surface area (Å²) in [5.41, 5.74) is 0.781. The molecular formula is C15H23ClN2O2. The molecule has 1 aromatic rings. The molecule has 0 saturated carbocycles. The molecule has 0 spiro atoms. The Kier molecular flexibility index (Phi) is 5.27. The second-order valence-electron chi connectivity index (χ2n) is 5.87. The Bertz CT molecular complexity index is 412. The maximum absolute atomic E-state index is 9.36. The lowest BCUT2D eigenvalue weighted by molar-refractivity contribution is 0.0336. The fourth-order valence-electron chi connectivity index (χ4n) is 2.51. The molecule has 1 aliphatic rings. The summed E-state index contributed by atoms with van der Waals surface area (Å²) in [5, 5.41) is 19.5. The number of anilines is 1. The topological polar surface area (TPSA) is 46.9 Å². The average Bonchev–Trinajstić information content (AvgIpc) is 2.49. The van der Waals surface area contributed by atoms with E-state index < -0.39 is 5.41 Å². The van der Waals surface area contributed by atoms with E-state index in [1.54, 1.807) is 0 Å². The van der Waals surface area contributed by atoms with Crippen molar-refractivity contribution >= 4 is 17.3 Å². The van der Waals surface area contributed by atoms with Gasteiger partial charge in [-0.25, -0.2) is 0 Å². The Morgan fingerprint density at radius 2 is 1.60 bits per heavy atom. The van der Waals surface area contributed by atoms with Crippen LogP contribution in [0.25, 0.3) is 0 Å². The van der Waals surface area contributed by atoms with Crippen LogP contribution in [0.1, 0.15) is 6.92 Å². The zero-order valence-electron chi connectivity index (χ0n) is 11.9. The highest BCUT2D eigenvalue weighted by Gasteiger charge is 2.27. The van der Waals surface area contributed by atoms with Crippen LogP contribution in [0.15, 0.2) is 24.3 Å². The lowest BCUT2D eigenvalue weighted by Gasteiger charge is -2.39. The van der Waals surface area contributed by atoms with Gasteiger partial charge in [0, 0.05) is 48.8 Å². The first-order valence-electron chi connectivity index (χ1n) is 7.01. The molecule has 5 heteroatoms. The molecule has 112 valence electrons. The van der Waals surface area contributed by atoms with Gasteiger partial charge >= 0.3 is 0 Å². The summed E-state index contributed by atoms with van der Waals surface area (Å²) < 4.78 is 0. The van der Waals surface area contributed by atoms with Gasteiger partial charge in [-0.05, 0) is 24.3 Å². The zero-order valence-corrected chi connectivity index (χ0v) is 12.7. The molecule has 0 aliphatic carbocycles. The van der Waals surface area contributed by atoms with Crippen LogP contribution in [0.4, 0.5) is 5.69 Å². The van der Waals surface area contributed by atoms with Crippen molar-refractivity contribution in [3.8, 4) is 0 Å². The fraction of sp³-hybridized carbons (Fsp3) is 0.600. The molecule has 0 amide bonds. The van der Waals surface area contributed by atoms with Crippen molar-refractivity contribution in [1.29, 1.82) is 0 Å². The summed E-state index contributed by atoms with van der Waals surface area (Å²) in [7, 11) is 0. The molecule has 1 saturated heterocycles. The second kappa shape index (κ2) is 6.76. The molecule has 0 unspecified atom stereocenters. The normalized spacial score (nSPS) is 17.5. The van der Waals surface area contributed by atoms with Gasteiger partial charge in [0.05, 0.1) is 13.2 Å². The Hall–Kier alpha value is -0.810. The molecule has 0 bridgehead atoms. The maximum atomic E-state index is 9.36. The van der Waals surface area contributed by atoms with E-state index in [-0.39, 0.29) is 13.2 Å². The zero-order chi connectivity index (χ0) is 14.6. The second-order valence-corrected chi connectivity index (χ2v) is 6.30. The van der Waals surface area contributed by atoms with Gasteiger partial charge < -0.3 is 15.1 Å². The Balaban J connectivity index is 1.87. The van der Waals surface area contributed by atoms with Crippen LogP contribution in [-0.4, -0.2) is 61.1 Å². The van der Waals surface area contributed by atoms with E-state index in [1.807, 2.05) is 31.2 Å². The maximum Gasteiger partial charge on any atom is 0.0519 e. The van der Waals surface area contributed by atoms with Crippen molar-refractivity contribution < 1.29 is 10.2 Å². The van der Waals surface area contributed by atoms with E-state index in [2.05, 4.69) is 9.80 Å². The van der Waals surface area contributed by atoms with Gasteiger partial charge in [-0.2, -0.15) is 0 Å². The predicted molar refractivity (Wildman–Crippen MR) is 82.4 cm³/mol. The van der Waals surface area contributed by atoms with Crippen LogP contribution in [0.2, 0.25) is 5.02 Å². The lowest BCUT2D eigenvalue weighted by atomic mass is 9.92. The van der Waals surface area contributed by atoms with Crippen LogP contribution in [0.3, 0.4) is 0 Å². The minimum Gasteiger partial charge on any atom is -0.396 e. The lowest BCUT2D eigenvalue weighted by Crippen LogP contribution is -2.51. The molecule has 2 N–H and O–H groups in total. The molecule has 1 heterocycles. The Morgan fingerprint density at radius 3 is 2.10 bits per heavy atom. The Labute approximate surface area is 125 Å². The molecule has 4 nitrogen and oxygen atoms in total. The Morgan fingerprint density at radius 1 is 1.05 bits per heavy atom. The monoisotopic (exact) mass is 298 g/mol. The number of aliphatic hydroxyl groups is 2. The van der Waals surface area contributed by atoms with E-state index in [9.17, 15) is 10.2 Å². The van der Waals surface area contributed by atoms with Crippen molar-refractivity contribution in [3.05, 3.63) is 29.3 Å². The molecule has 1 aliphatic heterocycles. The van der Waals surface area contributed by atoms with E-state index >= 15 is 0 Å². The quantitative estimate of drug-likeness (QED) is 0.864. The minimum atomic E-state index is -0.414. The van der Waals surface area contributed by atoms with Gasteiger partial charge in [0.1, 0.15) is 0 Å². The highest BCUT2D eigenvalue weighted by atomic mass is 35.5. The van der Waals surface area contributed by atoms with Crippen LogP contribution in [0.5, 0.6) is 0 Å². The van der Waals surface area contributed by atoms with Gasteiger partial charge in [-0.15, -0.1) is 0 Å². The van der Waals surface area contributed by atoms with Gasteiger partial charge in [0.15, 0.2) is 0 Å². The van der Waals surface area contributed by atoms with Gasteiger partial charge in [0.25, 0.3) is 0 Å². The van der Waals surface area contributed by atoms with E-state index in [4.69, 9.17) is 11.6 Å². The first kappa shape index (κ1) is 15.6. The number of nitrogens with zero attached hydrogens (tertiary/aromatic N) is 2. The first-order chi connectivity index (χ1) is 9.56. The smallest absolute Gasteiger partial charge is 0.0519 e. The third-order valence-electron chi connectivity index (χ3n) is 3.93. The van der Waals surface area contributed by atoms with E-state index in [0.717, 1.165) is 37.7 Å². The van der Waals surface area contributed by atoms with Crippen molar-refractivity contribution in [1.82, 2.24) is 4.90 Å². The van der Waals surface area contributed by atoms with Crippen molar-refractivity contribution in [3.63, 3.8) is 0 Å². The SMILES string of the molecule is CC(CO)(CO)CN1CCN(c2ccc(Cl)cc2)CC1. The van der Waals surface area contributed by atoms with Gasteiger partial charge in [-0.3, -0.25) is 4.90 Å². The van der Waals surface area contributed by atoms with Crippen LogP contribution < -0.4 is 4.90 Å². The van der Waals surface area contributed by atoms with Crippen molar-refractivity contribution in [2.24, 2.45) is 5.41 Å². The van der Waals surface area contributed by atoms with Crippen LogP contribution >= 0.6 is 11.6 Å². The number of hydrogen-bond donors (Lipinski definition) is 2. The van der Waals surface area contributed by atoms with E-state index in [0.29, 0.717) is 0 Å². The first-order valence-corrected chi connectivity index (χ1v) is 7.39. The molecule has 1 aromatic carbocycles. The van der Waals surface area contributed by atoms with E-state index in [1.165, 1.54) is 5.69 Å². The molecule has 1 fully saturated rings. The van der Waals surface area contributed by atoms with Crippen molar-refractivity contribution in [2.75, 3.05) is 50.8 Å². The van der Waals surface area contributed by atoms with Gasteiger partial charge in [0.2, 0.25) is 0 Å². The molecule has 0 aromatic heterocycles. The summed E-state index contributed by atoms with van der Waals surface area (Å²) >= 11 is 5.90. The molecule has 2 rings (SSSR count). The largest absolute Gasteiger partial charge is 0.396 e. The van der Waals surface area contributed by atoms with Crippen LogP contribution in [-0.2, 0) is 0 Å². The number of rotatable bonds is 5. The third kappa shape index (κ3) is 3.85. The molecule has 0 radical (unpaired) electrons. The molecule has 20 heavy (non-hydrogen) atoms.